The lowest BCUT2D eigenvalue weighted by molar-refractivity contribution is 0.00355. The molecule has 0 bridgehead atoms. The summed E-state index contributed by atoms with van der Waals surface area (Å²) >= 11 is 0. The Morgan fingerprint density at radius 1 is 0.680 bits per heavy atom. The van der Waals surface area contributed by atoms with E-state index in [0.29, 0.717) is 18.2 Å². The van der Waals surface area contributed by atoms with Crippen LogP contribution in [0.1, 0.15) is 91.9 Å². The molecule has 3 rings (SSSR count). The minimum atomic E-state index is 0.629. The van der Waals surface area contributed by atoms with Crippen LogP contribution in [0.15, 0.2) is 0 Å². The molecule has 0 spiro atoms. The summed E-state index contributed by atoms with van der Waals surface area (Å²) in [5, 5.41) is 0. The van der Waals surface area contributed by atoms with Gasteiger partial charge in [-0.3, -0.25) is 14.7 Å². The molecule has 0 aromatic heterocycles. The lowest BCUT2D eigenvalue weighted by Gasteiger charge is -2.46. The highest BCUT2D eigenvalue weighted by Gasteiger charge is 2.39. The first-order valence-electron chi connectivity index (χ1n) is 11.3. The average molecular weight is 350 g/mol. The fourth-order valence-electron chi connectivity index (χ4n) is 5.74. The zero-order chi connectivity index (χ0) is 17.8. The van der Waals surface area contributed by atoms with E-state index in [9.17, 15) is 0 Å². The van der Waals surface area contributed by atoms with E-state index >= 15 is 0 Å². The zero-order valence-corrected chi connectivity index (χ0v) is 17.4. The molecule has 0 aromatic carbocycles. The second-order valence-corrected chi connectivity index (χ2v) is 9.42. The molecular weight excluding hydrogens is 306 g/mol. The molecular formula is C22H43N3. The lowest BCUT2D eigenvalue weighted by Crippen LogP contribution is -2.56. The average Bonchev–Trinajstić information content (AvgIpc) is 3.05. The number of hydrogen-bond acceptors (Lipinski definition) is 3. The normalized spacial score (nSPS) is 26.5. The highest BCUT2D eigenvalue weighted by atomic mass is 15.5. The van der Waals surface area contributed by atoms with Crippen molar-refractivity contribution in [1.29, 1.82) is 0 Å². The Morgan fingerprint density at radius 3 is 1.44 bits per heavy atom. The van der Waals surface area contributed by atoms with Gasteiger partial charge in [0.1, 0.15) is 0 Å². The Morgan fingerprint density at radius 2 is 1.08 bits per heavy atom. The fraction of sp³-hybridized carbons (Fsp3) is 1.00. The molecule has 0 N–H and O–H groups in total. The molecule has 0 aromatic rings. The van der Waals surface area contributed by atoms with Crippen LogP contribution in [0.25, 0.3) is 0 Å². The second-order valence-electron chi connectivity index (χ2n) is 9.42. The van der Waals surface area contributed by atoms with E-state index in [4.69, 9.17) is 0 Å². The highest BCUT2D eigenvalue weighted by Crippen LogP contribution is 2.32. The van der Waals surface area contributed by atoms with Crippen LogP contribution in [-0.2, 0) is 0 Å². The molecule has 1 aliphatic heterocycles. The molecule has 3 aliphatic rings. The number of hydrogen-bond donors (Lipinski definition) is 0. The fourth-order valence-corrected chi connectivity index (χ4v) is 5.74. The van der Waals surface area contributed by atoms with Crippen molar-refractivity contribution in [2.75, 3.05) is 19.6 Å². The number of nitrogens with zero attached hydrogens (tertiary/aromatic N) is 3. The maximum absolute atomic E-state index is 3.01. The minimum absolute atomic E-state index is 0.629. The zero-order valence-electron chi connectivity index (χ0n) is 17.4. The smallest absolute Gasteiger partial charge is 0.0759 e. The third-order valence-electron chi connectivity index (χ3n) is 7.17. The Hall–Kier alpha value is -0.120. The molecule has 2 saturated carbocycles. The summed E-state index contributed by atoms with van der Waals surface area (Å²) in [5.41, 5.74) is 0. The first kappa shape index (κ1) is 19.6. The lowest BCUT2D eigenvalue weighted by atomic mass is 9.88. The third kappa shape index (κ3) is 4.78. The molecule has 0 atom stereocenters. The standard InChI is InChI=1S/C22H43N3/c1-18(2)23-15-16-24(19(3)4)22(23)17-25(20-11-7-5-8-12-20)21-13-9-6-10-14-21/h18-22H,5-17H2,1-4H3. The SMILES string of the molecule is CC(C)N1CCN(C(C)C)C1CN(C1CCCCC1)C1CCCCC1. The Balaban J connectivity index is 1.76. The van der Waals surface area contributed by atoms with Gasteiger partial charge in [-0.1, -0.05) is 38.5 Å². The van der Waals surface area contributed by atoms with Gasteiger partial charge in [0, 0.05) is 43.8 Å². The summed E-state index contributed by atoms with van der Waals surface area (Å²) in [6.07, 6.45) is 15.2. The molecule has 3 heteroatoms. The minimum Gasteiger partial charge on any atom is -0.295 e. The van der Waals surface area contributed by atoms with Crippen molar-refractivity contribution in [2.45, 2.75) is 122 Å². The van der Waals surface area contributed by atoms with Crippen LogP contribution in [-0.4, -0.2) is 64.7 Å². The predicted octanol–water partition coefficient (Wildman–Crippen LogP) is 4.71. The first-order chi connectivity index (χ1) is 12.1. The van der Waals surface area contributed by atoms with Crippen molar-refractivity contribution >= 4 is 0 Å². The van der Waals surface area contributed by atoms with Crippen molar-refractivity contribution in [2.24, 2.45) is 0 Å². The van der Waals surface area contributed by atoms with Crippen molar-refractivity contribution in [3.8, 4) is 0 Å². The summed E-state index contributed by atoms with van der Waals surface area (Å²) in [7, 11) is 0. The molecule has 1 saturated heterocycles. The maximum atomic E-state index is 3.01. The van der Waals surface area contributed by atoms with Gasteiger partial charge in [0.2, 0.25) is 0 Å². The third-order valence-corrected chi connectivity index (χ3v) is 7.17. The van der Waals surface area contributed by atoms with Gasteiger partial charge in [-0.15, -0.1) is 0 Å². The van der Waals surface area contributed by atoms with Crippen molar-refractivity contribution in [3.63, 3.8) is 0 Å². The van der Waals surface area contributed by atoms with E-state index in [-0.39, 0.29) is 0 Å². The van der Waals surface area contributed by atoms with E-state index in [0.717, 1.165) is 12.1 Å². The van der Waals surface area contributed by atoms with Crippen molar-refractivity contribution < 1.29 is 0 Å². The van der Waals surface area contributed by atoms with Gasteiger partial charge in [-0.2, -0.15) is 0 Å². The van der Waals surface area contributed by atoms with Crippen molar-refractivity contribution in [3.05, 3.63) is 0 Å². The van der Waals surface area contributed by atoms with Crippen LogP contribution in [0.5, 0.6) is 0 Å². The highest BCUT2D eigenvalue weighted by molar-refractivity contribution is 4.92. The van der Waals surface area contributed by atoms with Gasteiger partial charge in [-0.05, 0) is 53.4 Å². The van der Waals surface area contributed by atoms with Gasteiger partial charge >= 0.3 is 0 Å². The molecule has 0 radical (unpaired) electrons. The van der Waals surface area contributed by atoms with Gasteiger partial charge in [0.15, 0.2) is 0 Å². The van der Waals surface area contributed by atoms with E-state index in [1.165, 1.54) is 83.8 Å². The largest absolute Gasteiger partial charge is 0.295 e. The summed E-state index contributed by atoms with van der Waals surface area (Å²) in [6.45, 7) is 13.4. The topological polar surface area (TPSA) is 9.72 Å². The molecule has 3 nitrogen and oxygen atoms in total. The Kier molecular flexibility index (Phi) is 7.22. The summed E-state index contributed by atoms with van der Waals surface area (Å²) in [4.78, 5) is 8.57. The van der Waals surface area contributed by atoms with Crippen LogP contribution in [0.2, 0.25) is 0 Å². The van der Waals surface area contributed by atoms with E-state index in [2.05, 4.69) is 42.4 Å². The van der Waals surface area contributed by atoms with E-state index in [1.54, 1.807) is 0 Å². The summed E-state index contributed by atoms with van der Waals surface area (Å²) < 4.78 is 0. The van der Waals surface area contributed by atoms with Crippen molar-refractivity contribution in [1.82, 2.24) is 14.7 Å². The maximum Gasteiger partial charge on any atom is 0.0759 e. The van der Waals surface area contributed by atoms with Crippen LogP contribution >= 0.6 is 0 Å². The molecule has 0 amide bonds. The van der Waals surface area contributed by atoms with Crippen LogP contribution in [0, 0.1) is 0 Å². The monoisotopic (exact) mass is 349 g/mol. The molecule has 0 unspecified atom stereocenters. The molecule has 146 valence electrons. The Bertz CT molecular complexity index is 349. The van der Waals surface area contributed by atoms with Crippen LogP contribution < -0.4 is 0 Å². The first-order valence-corrected chi connectivity index (χ1v) is 11.3. The summed E-state index contributed by atoms with van der Waals surface area (Å²) in [5.74, 6) is 0. The van der Waals surface area contributed by atoms with Gasteiger partial charge < -0.3 is 0 Å². The predicted molar refractivity (Wildman–Crippen MR) is 108 cm³/mol. The van der Waals surface area contributed by atoms with Gasteiger partial charge in [-0.25, -0.2) is 0 Å². The van der Waals surface area contributed by atoms with Crippen LogP contribution in [0.4, 0.5) is 0 Å². The molecule has 3 fully saturated rings. The van der Waals surface area contributed by atoms with E-state index < -0.39 is 0 Å². The van der Waals surface area contributed by atoms with E-state index in [1.807, 2.05) is 0 Å². The second kappa shape index (κ2) is 9.19. The Labute approximate surface area is 157 Å². The quantitative estimate of drug-likeness (QED) is 0.687. The molecule has 1 heterocycles. The number of rotatable bonds is 6. The van der Waals surface area contributed by atoms with Gasteiger partial charge in [0.05, 0.1) is 6.17 Å². The molecule has 2 aliphatic carbocycles. The van der Waals surface area contributed by atoms with Gasteiger partial charge in [0.25, 0.3) is 0 Å². The molecule has 25 heavy (non-hydrogen) atoms. The summed E-state index contributed by atoms with van der Waals surface area (Å²) in [6, 6.07) is 3.04. The van der Waals surface area contributed by atoms with Crippen LogP contribution in [0.3, 0.4) is 0 Å².